The highest BCUT2D eigenvalue weighted by Crippen LogP contribution is 2.23. The van der Waals surface area contributed by atoms with E-state index in [0.717, 1.165) is 15.8 Å². The van der Waals surface area contributed by atoms with Crippen molar-refractivity contribution in [3.05, 3.63) is 33.2 Å². The van der Waals surface area contributed by atoms with Gasteiger partial charge in [-0.15, -0.1) is 16.4 Å². The zero-order valence-electron chi connectivity index (χ0n) is 8.61. The Morgan fingerprint density at radius 1 is 1.44 bits per heavy atom. The average Bonchev–Trinajstić information content (AvgIpc) is 2.86. The third-order valence-electron chi connectivity index (χ3n) is 1.98. The lowest BCUT2D eigenvalue weighted by atomic mass is 10.3. The molecule has 0 aromatic carbocycles. The molecule has 0 aliphatic heterocycles. The second-order valence-corrected chi connectivity index (χ2v) is 5.13. The number of ketones is 1. The Morgan fingerprint density at radius 3 is 2.72 bits per heavy atom. The van der Waals surface area contributed by atoms with Crippen LogP contribution in [0.2, 0.25) is 4.34 Å². The lowest BCUT2D eigenvalue weighted by Gasteiger charge is -2.00. The Hall–Kier alpha value is -1.41. The Balaban J connectivity index is 2.14. The number of aromatic nitrogens is 3. The van der Waals surface area contributed by atoms with E-state index in [1.807, 2.05) is 0 Å². The van der Waals surface area contributed by atoms with E-state index in [1.165, 1.54) is 11.3 Å². The molecule has 9 heteroatoms. The molecule has 0 saturated heterocycles. The average molecular weight is 296 g/mol. The van der Waals surface area contributed by atoms with Gasteiger partial charge in [-0.1, -0.05) is 16.8 Å². The molecule has 2 aromatic rings. The number of carbonyl (C=O) groups excluding carboxylic acids is 1. The van der Waals surface area contributed by atoms with Crippen LogP contribution in [0, 0.1) is 0 Å². The van der Waals surface area contributed by atoms with Crippen LogP contribution in [0.3, 0.4) is 0 Å². The molecule has 2 rings (SSSR count). The van der Waals surface area contributed by atoms with Gasteiger partial charge in [-0.3, -0.25) is 4.79 Å². The molecule has 0 radical (unpaired) electrons. The van der Waals surface area contributed by atoms with Gasteiger partial charge in [0.15, 0.2) is 5.69 Å². The summed E-state index contributed by atoms with van der Waals surface area (Å²) in [6.07, 6.45) is -3.98. The van der Waals surface area contributed by atoms with Crippen LogP contribution in [0.15, 0.2) is 18.3 Å². The molecular weight excluding hydrogens is 291 g/mol. The molecule has 0 fully saturated rings. The van der Waals surface area contributed by atoms with Crippen molar-refractivity contribution >= 4 is 28.7 Å². The van der Waals surface area contributed by atoms with Crippen LogP contribution < -0.4 is 0 Å². The molecule has 96 valence electrons. The normalized spacial score (nSPS) is 11.8. The first-order chi connectivity index (χ1) is 8.36. The summed E-state index contributed by atoms with van der Waals surface area (Å²) in [5.41, 5.74) is -0.717. The maximum Gasteiger partial charge on any atom is 0.456 e. The van der Waals surface area contributed by atoms with Crippen molar-refractivity contribution in [1.82, 2.24) is 15.0 Å². The number of halogens is 4. The standard InChI is InChI=1S/C9H5ClF3N3OS/c10-7-2-1-5(18-7)3-16-4-6(14-15-16)8(17)9(11,12)13/h1-2,4H,3H2. The SMILES string of the molecule is O=C(c1cn(Cc2ccc(Cl)s2)nn1)C(F)(F)F. The highest BCUT2D eigenvalue weighted by molar-refractivity contribution is 7.16. The fraction of sp³-hybridized carbons (Fsp3) is 0.222. The van der Waals surface area contributed by atoms with Gasteiger partial charge in [-0.25, -0.2) is 4.68 Å². The van der Waals surface area contributed by atoms with E-state index in [0.29, 0.717) is 4.34 Å². The van der Waals surface area contributed by atoms with E-state index >= 15 is 0 Å². The van der Waals surface area contributed by atoms with Crippen LogP contribution in [-0.4, -0.2) is 27.0 Å². The summed E-state index contributed by atoms with van der Waals surface area (Å²) in [5, 5.41) is 6.67. The number of rotatable bonds is 3. The number of alkyl halides is 3. The van der Waals surface area contributed by atoms with Crippen LogP contribution >= 0.6 is 22.9 Å². The minimum absolute atomic E-state index is 0.218. The summed E-state index contributed by atoms with van der Waals surface area (Å²) in [7, 11) is 0. The lowest BCUT2D eigenvalue weighted by Crippen LogP contribution is -2.23. The Labute approximate surface area is 108 Å². The fourth-order valence-corrected chi connectivity index (χ4v) is 2.30. The molecule has 0 aliphatic rings. The predicted molar refractivity (Wildman–Crippen MR) is 58.8 cm³/mol. The maximum atomic E-state index is 12.1. The molecule has 0 aliphatic carbocycles. The quantitative estimate of drug-likeness (QED) is 0.818. The monoisotopic (exact) mass is 295 g/mol. The molecule has 2 heterocycles. The fourth-order valence-electron chi connectivity index (χ4n) is 1.22. The predicted octanol–water partition coefficient (Wildman–Crippen LogP) is 2.79. The molecule has 18 heavy (non-hydrogen) atoms. The van der Waals surface area contributed by atoms with E-state index in [2.05, 4.69) is 10.3 Å². The zero-order chi connectivity index (χ0) is 13.3. The molecule has 2 aromatic heterocycles. The van der Waals surface area contributed by atoms with Gasteiger partial charge in [-0.05, 0) is 12.1 Å². The van der Waals surface area contributed by atoms with Crippen LogP contribution in [0.1, 0.15) is 15.4 Å². The highest BCUT2D eigenvalue weighted by Gasteiger charge is 2.41. The highest BCUT2D eigenvalue weighted by atomic mass is 35.5. The second-order valence-electron chi connectivity index (χ2n) is 3.33. The third kappa shape index (κ3) is 2.88. The van der Waals surface area contributed by atoms with Crippen LogP contribution in [0.25, 0.3) is 0 Å². The second kappa shape index (κ2) is 4.69. The number of hydrogen-bond donors (Lipinski definition) is 0. The van der Waals surface area contributed by atoms with E-state index in [9.17, 15) is 18.0 Å². The Kier molecular flexibility index (Phi) is 3.40. The number of hydrogen-bond acceptors (Lipinski definition) is 4. The summed E-state index contributed by atoms with van der Waals surface area (Å²) in [5.74, 6) is -2.00. The molecule has 0 atom stereocenters. The Morgan fingerprint density at radius 2 is 2.17 bits per heavy atom. The van der Waals surface area contributed by atoms with Crippen molar-refractivity contribution in [2.24, 2.45) is 0 Å². The summed E-state index contributed by atoms with van der Waals surface area (Å²) in [6, 6.07) is 3.39. The zero-order valence-corrected chi connectivity index (χ0v) is 10.2. The molecule has 0 N–H and O–H groups in total. The molecule has 0 spiro atoms. The number of thiophene rings is 1. The van der Waals surface area contributed by atoms with Crippen molar-refractivity contribution in [2.75, 3.05) is 0 Å². The number of nitrogens with zero attached hydrogens (tertiary/aromatic N) is 3. The molecule has 0 amide bonds. The van der Waals surface area contributed by atoms with E-state index in [-0.39, 0.29) is 6.54 Å². The molecule has 0 bridgehead atoms. The van der Waals surface area contributed by atoms with E-state index in [4.69, 9.17) is 11.6 Å². The topological polar surface area (TPSA) is 47.8 Å². The van der Waals surface area contributed by atoms with E-state index < -0.39 is 17.7 Å². The van der Waals surface area contributed by atoms with Crippen LogP contribution in [-0.2, 0) is 6.54 Å². The smallest absolute Gasteiger partial charge is 0.282 e. The first kappa shape index (κ1) is 13.0. The van der Waals surface area contributed by atoms with E-state index in [1.54, 1.807) is 12.1 Å². The van der Waals surface area contributed by atoms with Gasteiger partial charge in [0.05, 0.1) is 17.1 Å². The largest absolute Gasteiger partial charge is 0.456 e. The number of carbonyl (C=O) groups is 1. The van der Waals surface area contributed by atoms with Crippen molar-refractivity contribution in [1.29, 1.82) is 0 Å². The molecule has 4 nitrogen and oxygen atoms in total. The third-order valence-corrected chi connectivity index (χ3v) is 3.19. The molecular formula is C9H5ClF3N3OS. The summed E-state index contributed by atoms with van der Waals surface area (Å²) < 4.78 is 38.1. The Bertz CT molecular complexity index is 578. The summed E-state index contributed by atoms with van der Waals surface area (Å²) >= 11 is 6.99. The number of Topliss-reactive ketones (excluding diaryl/α,β-unsaturated/α-hetero) is 1. The van der Waals surface area contributed by atoms with Gasteiger partial charge in [0, 0.05) is 4.88 Å². The van der Waals surface area contributed by atoms with Gasteiger partial charge >= 0.3 is 6.18 Å². The first-order valence-corrected chi connectivity index (χ1v) is 5.81. The lowest BCUT2D eigenvalue weighted by molar-refractivity contribution is -0.0888. The van der Waals surface area contributed by atoms with Crippen molar-refractivity contribution < 1.29 is 18.0 Å². The van der Waals surface area contributed by atoms with Crippen molar-refractivity contribution in [3.63, 3.8) is 0 Å². The maximum absolute atomic E-state index is 12.1. The minimum atomic E-state index is -4.94. The van der Waals surface area contributed by atoms with Gasteiger partial charge in [0.1, 0.15) is 0 Å². The van der Waals surface area contributed by atoms with Crippen LogP contribution in [0.5, 0.6) is 0 Å². The van der Waals surface area contributed by atoms with Gasteiger partial charge in [0.2, 0.25) is 0 Å². The van der Waals surface area contributed by atoms with Crippen molar-refractivity contribution in [3.8, 4) is 0 Å². The van der Waals surface area contributed by atoms with Crippen LogP contribution in [0.4, 0.5) is 13.2 Å². The van der Waals surface area contributed by atoms with Gasteiger partial charge in [-0.2, -0.15) is 13.2 Å². The van der Waals surface area contributed by atoms with Crippen molar-refractivity contribution in [2.45, 2.75) is 12.7 Å². The summed E-state index contributed by atoms with van der Waals surface area (Å²) in [6.45, 7) is 0.218. The molecule has 0 unspecified atom stereocenters. The van der Waals surface area contributed by atoms with Gasteiger partial charge in [0.25, 0.3) is 5.78 Å². The molecule has 0 saturated carbocycles. The summed E-state index contributed by atoms with van der Waals surface area (Å²) in [4.78, 5) is 11.7. The minimum Gasteiger partial charge on any atom is -0.282 e. The van der Waals surface area contributed by atoms with Gasteiger partial charge < -0.3 is 0 Å². The first-order valence-electron chi connectivity index (χ1n) is 4.62.